The van der Waals surface area contributed by atoms with Gasteiger partial charge in [-0.25, -0.2) is 4.79 Å². The molecular weight excluding hydrogens is 202 g/mol. The van der Waals surface area contributed by atoms with E-state index in [1.165, 1.54) is 32.8 Å². The third kappa shape index (κ3) is 3.97. The Morgan fingerprint density at radius 3 is 2.62 bits per heavy atom. The van der Waals surface area contributed by atoms with Gasteiger partial charge in [-0.2, -0.15) is 0 Å². The third-order valence-electron chi connectivity index (χ3n) is 3.42. The summed E-state index contributed by atoms with van der Waals surface area (Å²) in [5, 5.41) is 3.39. The quantitative estimate of drug-likeness (QED) is 0.443. The van der Waals surface area contributed by atoms with E-state index in [-0.39, 0.29) is 5.97 Å². The summed E-state index contributed by atoms with van der Waals surface area (Å²) in [7, 11) is 1.41. The number of carbonyl (C=O) groups is 1. The van der Waals surface area contributed by atoms with Crippen LogP contribution in [0.3, 0.4) is 0 Å². The number of carbonyl (C=O) groups excluding carboxylic acids is 1. The summed E-state index contributed by atoms with van der Waals surface area (Å²) >= 11 is 0. The third-order valence-corrected chi connectivity index (χ3v) is 3.42. The molecule has 0 heterocycles. The summed E-state index contributed by atoms with van der Waals surface area (Å²) in [5.74, 6) is -0.242. The van der Waals surface area contributed by atoms with Gasteiger partial charge in [0.1, 0.15) is 0 Å². The Morgan fingerprint density at radius 1 is 1.44 bits per heavy atom. The van der Waals surface area contributed by atoms with Gasteiger partial charge in [0.25, 0.3) is 0 Å². The summed E-state index contributed by atoms with van der Waals surface area (Å²) in [5.41, 5.74) is 1.14. The highest BCUT2D eigenvalue weighted by Crippen LogP contribution is 2.36. The van der Waals surface area contributed by atoms with Crippen LogP contribution in [0, 0.1) is 5.41 Å². The lowest BCUT2D eigenvalue weighted by Crippen LogP contribution is -2.29. The predicted molar refractivity (Wildman–Crippen MR) is 65.2 cm³/mol. The molecule has 0 amide bonds. The molecule has 0 aliphatic heterocycles. The number of methoxy groups -OCH3 is 1. The maximum atomic E-state index is 11.1. The molecule has 92 valence electrons. The first-order chi connectivity index (χ1) is 7.57. The first-order valence-electron chi connectivity index (χ1n) is 6.03. The first kappa shape index (κ1) is 13.2. The fraction of sp³-hybridized carbons (Fsp3) is 0.769. The molecule has 0 spiro atoms. The van der Waals surface area contributed by atoms with E-state index >= 15 is 0 Å². The normalized spacial score (nSPS) is 19.8. The highest BCUT2D eigenvalue weighted by molar-refractivity contribution is 5.87. The molecule has 3 nitrogen and oxygen atoms in total. The van der Waals surface area contributed by atoms with Crippen LogP contribution < -0.4 is 5.32 Å². The number of hydrogen-bond donors (Lipinski definition) is 1. The first-order valence-corrected chi connectivity index (χ1v) is 6.03. The minimum Gasteiger partial charge on any atom is -0.466 e. The maximum absolute atomic E-state index is 11.1. The summed E-state index contributed by atoms with van der Waals surface area (Å²) in [6, 6.07) is 0. The van der Waals surface area contributed by atoms with E-state index < -0.39 is 0 Å². The van der Waals surface area contributed by atoms with Crippen molar-refractivity contribution in [1.82, 2.24) is 5.32 Å². The summed E-state index contributed by atoms with van der Waals surface area (Å²) in [6.07, 6.45) is 7.24. The van der Waals surface area contributed by atoms with Crippen LogP contribution in [-0.2, 0) is 9.53 Å². The van der Waals surface area contributed by atoms with Gasteiger partial charge in [-0.1, -0.05) is 25.8 Å². The van der Waals surface area contributed by atoms with Crippen LogP contribution in [-0.4, -0.2) is 26.2 Å². The van der Waals surface area contributed by atoms with Crippen molar-refractivity contribution in [2.75, 3.05) is 20.2 Å². The van der Waals surface area contributed by atoms with Gasteiger partial charge in [-0.05, 0) is 25.2 Å². The van der Waals surface area contributed by atoms with Crippen molar-refractivity contribution in [2.45, 2.75) is 39.5 Å². The summed E-state index contributed by atoms with van der Waals surface area (Å²) in [4.78, 5) is 11.1. The molecule has 16 heavy (non-hydrogen) atoms. The van der Waals surface area contributed by atoms with E-state index in [9.17, 15) is 4.79 Å². The molecule has 0 atom stereocenters. The van der Waals surface area contributed by atoms with Gasteiger partial charge in [0.05, 0.1) is 7.11 Å². The summed E-state index contributed by atoms with van der Waals surface area (Å²) < 4.78 is 4.63. The highest BCUT2D eigenvalue weighted by atomic mass is 16.5. The Bertz CT molecular complexity index is 265. The van der Waals surface area contributed by atoms with Crippen molar-refractivity contribution in [2.24, 2.45) is 5.41 Å². The van der Waals surface area contributed by atoms with Crippen LogP contribution in [0.4, 0.5) is 0 Å². The van der Waals surface area contributed by atoms with Gasteiger partial charge >= 0.3 is 5.97 Å². The Hall–Kier alpha value is -0.830. The van der Waals surface area contributed by atoms with Crippen molar-refractivity contribution in [3.05, 3.63) is 11.6 Å². The van der Waals surface area contributed by atoms with Crippen molar-refractivity contribution < 1.29 is 9.53 Å². The van der Waals surface area contributed by atoms with Gasteiger partial charge in [0.15, 0.2) is 0 Å². The molecular formula is C13H23NO2. The zero-order valence-electron chi connectivity index (χ0n) is 10.6. The lowest BCUT2D eigenvalue weighted by molar-refractivity contribution is -0.136. The maximum Gasteiger partial charge on any atom is 0.333 e. The molecule has 1 aliphatic carbocycles. The fourth-order valence-corrected chi connectivity index (χ4v) is 2.25. The molecule has 0 saturated heterocycles. The van der Waals surface area contributed by atoms with Crippen molar-refractivity contribution in [3.8, 4) is 0 Å². The number of nitrogens with one attached hydrogen (secondary N) is 1. The molecule has 1 rings (SSSR count). The second-order valence-corrected chi connectivity index (χ2v) is 5.03. The van der Waals surface area contributed by atoms with Crippen molar-refractivity contribution in [1.29, 1.82) is 0 Å². The topological polar surface area (TPSA) is 38.3 Å². The predicted octanol–water partition coefficient (Wildman–Crippen LogP) is 2.28. The van der Waals surface area contributed by atoms with E-state index in [2.05, 4.69) is 17.0 Å². The zero-order valence-corrected chi connectivity index (χ0v) is 10.6. The minimum atomic E-state index is -0.242. The molecule has 0 aromatic heterocycles. The standard InChI is InChI=1S/C13H23NO2/c1-11(12(15)16-3)6-9-14-10-13(2)7-4-5-8-13/h6,14H,4-5,7-10H2,1-3H3. The van der Waals surface area contributed by atoms with Crippen LogP contribution in [0.25, 0.3) is 0 Å². The van der Waals surface area contributed by atoms with Gasteiger partial charge in [-0.15, -0.1) is 0 Å². The molecule has 3 heteroatoms. The smallest absolute Gasteiger partial charge is 0.333 e. The van der Waals surface area contributed by atoms with Crippen LogP contribution in [0.1, 0.15) is 39.5 Å². The van der Waals surface area contributed by atoms with Gasteiger partial charge in [0.2, 0.25) is 0 Å². The van der Waals surface area contributed by atoms with Crippen molar-refractivity contribution >= 4 is 5.97 Å². The largest absolute Gasteiger partial charge is 0.466 e. The van der Waals surface area contributed by atoms with Crippen LogP contribution in [0.15, 0.2) is 11.6 Å². The Morgan fingerprint density at radius 2 is 2.06 bits per heavy atom. The average Bonchev–Trinajstić information content (AvgIpc) is 2.70. The molecule has 0 aromatic carbocycles. The lowest BCUT2D eigenvalue weighted by atomic mass is 9.89. The highest BCUT2D eigenvalue weighted by Gasteiger charge is 2.27. The molecule has 1 saturated carbocycles. The lowest BCUT2D eigenvalue weighted by Gasteiger charge is -2.23. The van der Waals surface area contributed by atoms with E-state index in [0.29, 0.717) is 11.0 Å². The van der Waals surface area contributed by atoms with E-state index in [4.69, 9.17) is 0 Å². The van der Waals surface area contributed by atoms with Gasteiger partial charge in [-0.3, -0.25) is 0 Å². The number of hydrogen-bond acceptors (Lipinski definition) is 3. The molecule has 1 N–H and O–H groups in total. The molecule has 0 unspecified atom stereocenters. The van der Waals surface area contributed by atoms with E-state index in [0.717, 1.165) is 13.1 Å². The number of rotatable bonds is 5. The molecule has 1 aliphatic rings. The molecule has 0 radical (unpaired) electrons. The zero-order chi connectivity index (χ0) is 12.0. The summed E-state index contributed by atoms with van der Waals surface area (Å²) in [6.45, 7) is 5.91. The van der Waals surface area contributed by atoms with Crippen LogP contribution in [0.2, 0.25) is 0 Å². The minimum absolute atomic E-state index is 0.242. The average molecular weight is 225 g/mol. The van der Waals surface area contributed by atoms with Crippen LogP contribution in [0.5, 0.6) is 0 Å². The molecule has 1 fully saturated rings. The SMILES string of the molecule is COC(=O)C(C)=CCNCC1(C)CCCC1. The Labute approximate surface area is 98.2 Å². The second kappa shape index (κ2) is 6.04. The number of esters is 1. The van der Waals surface area contributed by atoms with E-state index in [1.807, 2.05) is 6.08 Å². The van der Waals surface area contributed by atoms with Gasteiger partial charge < -0.3 is 10.1 Å². The second-order valence-electron chi connectivity index (χ2n) is 5.03. The van der Waals surface area contributed by atoms with E-state index in [1.54, 1.807) is 6.92 Å². The van der Waals surface area contributed by atoms with Crippen LogP contribution >= 0.6 is 0 Å². The molecule has 0 bridgehead atoms. The monoisotopic (exact) mass is 225 g/mol. The molecule has 0 aromatic rings. The number of ether oxygens (including phenoxy) is 1. The van der Waals surface area contributed by atoms with Gasteiger partial charge in [0, 0.05) is 18.7 Å². The van der Waals surface area contributed by atoms with Crippen molar-refractivity contribution in [3.63, 3.8) is 0 Å². The Kier molecular flexibility index (Phi) is 5.00. The Balaban J connectivity index is 2.23. The fourth-order valence-electron chi connectivity index (χ4n) is 2.25.